The molecular formula is C18H22O5. The fourth-order valence-electron chi connectivity index (χ4n) is 2.48. The molecule has 0 aliphatic carbocycles. The van der Waals surface area contributed by atoms with Gasteiger partial charge in [-0.1, -0.05) is 12.1 Å². The van der Waals surface area contributed by atoms with Gasteiger partial charge in [-0.05, 0) is 48.2 Å². The maximum Gasteiger partial charge on any atom is 0.203 e. The molecule has 0 unspecified atom stereocenters. The van der Waals surface area contributed by atoms with Gasteiger partial charge in [0.1, 0.15) is 5.75 Å². The Bertz CT molecular complexity index is 629. The third-order valence-corrected chi connectivity index (χ3v) is 3.69. The molecule has 23 heavy (non-hydrogen) atoms. The lowest BCUT2D eigenvalue weighted by atomic mass is 10.0. The van der Waals surface area contributed by atoms with Crippen LogP contribution in [0.3, 0.4) is 0 Å². The highest BCUT2D eigenvalue weighted by Crippen LogP contribution is 2.38. The zero-order valence-electron chi connectivity index (χ0n) is 13.6. The molecule has 2 aromatic rings. The first kappa shape index (κ1) is 17.0. The number of hydrogen-bond donors (Lipinski definition) is 2. The van der Waals surface area contributed by atoms with Crippen molar-refractivity contribution in [2.75, 3.05) is 21.3 Å². The zero-order chi connectivity index (χ0) is 16.8. The van der Waals surface area contributed by atoms with Crippen LogP contribution in [-0.4, -0.2) is 31.5 Å². The summed E-state index contributed by atoms with van der Waals surface area (Å²) in [6.45, 7) is 0. The van der Waals surface area contributed by atoms with E-state index in [0.717, 1.165) is 5.56 Å². The van der Waals surface area contributed by atoms with Crippen molar-refractivity contribution in [3.63, 3.8) is 0 Å². The van der Waals surface area contributed by atoms with Crippen LogP contribution in [0.25, 0.3) is 0 Å². The van der Waals surface area contributed by atoms with Gasteiger partial charge in [-0.2, -0.15) is 0 Å². The number of phenolic OH excluding ortho intramolecular Hbond substituents is 1. The van der Waals surface area contributed by atoms with E-state index in [4.69, 9.17) is 14.2 Å². The van der Waals surface area contributed by atoms with Crippen molar-refractivity contribution < 1.29 is 24.4 Å². The molecule has 2 N–H and O–H groups in total. The van der Waals surface area contributed by atoms with E-state index in [0.29, 0.717) is 35.7 Å². The van der Waals surface area contributed by atoms with E-state index in [1.165, 1.54) is 0 Å². The zero-order valence-corrected chi connectivity index (χ0v) is 13.6. The Kier molecular flexibility index (Phi) is 5.71. The van der Waals surface area contributed by atoms with E-state index in [9.17, 15) is 10.2 Å². The predicted octanol–water partition coefficient (Wildman–Crippen LogP) is 3.08. The summed E-state index contributed by atoms with van der Waals surface area (Å²) in [6.07, 6.45) is 0.497. The average molecular weight is 318 g/mol. The van der Waals surface area contributed by atoms with Gasteiger partial charge in [0.05, 0.1) is 27.4 Å². The number of aromatic hydroxyl groups is 1. The summed E-state index contributed by atoms with van der Waals surface area (Å²) in [7, 11) is 4.71. The first-order valence-corrected chi connectivity index (χ1v) is 7.35. The summed E-state index contributed by atoms with van der Waals surface area (Å²) in [5, 5.41) is 19.7. The van der Waals surface area contributed by atoms with Crippen LogP contribution in [0.15, 0.2) is 36.4 Å². The van der Waals surface area contributed by atoms with E-state index in [1.54, 1.807) is 45.6 Å². The van der Waals surface area contributed by atoms with E-state index in [-0.39, 0.29) is 5.75 Å². The summed E-state index contributed by atoms with van der Waals surface area (Å²) in [5.41, 5.74) is 1.66. The topological polar surface area (TPSA) is 68.2 Å². The van der Waals surface area contributed by atoms with Crippen LogP contribution in [-0.2, 0) is 6.42 Å². The lowest BCUT2D eigenvalue weighted by Gasteiger charge is -2.15. The van der Waals surface area contributed by atoms with Crippen LogP contribution in [0.1, 0.15) is 23.7 Å². The molecule has 2 rings (SSSR count). The molecule has 0 aliphatic heterocycles. The molecule has 5 heteroatoms. The number of methoxy groups -OCH3 is 3. The van der Waals surface area contributed by atoms with Crippen molar-refractivity contribution in [3.05, 3.63) is 47.5 Å². The second kappa shape index (κ2) is 7.74. The van der Waals surface area contributed by atoms with Crippen LogP contribution in [0.4, 0.5) is 0 Å². The molecule has 0 aromatic heterocycles. The minimum absolute atomic E-state index is 0.148. The van der Waals surface area contributed by atoms with Crippen LogP contribution >= 0.6 is 0 Å². The molecule has 0 saturated carbocycles. The number of ether oxygens (including phenoxy) is 3. The number of benzene rings is 2. The molecule has 0 spiro atoms. The second-order valence-corrected chi connectivity index (χ2v) is 5.18. The molecule has 0 bridgehead atoms. The SMILES string of the molecule is COc1cc(CC[C@@H](O)c2cccc(O)c2)cc(OC)c1OC. The van der Waals surface area contributed by atoms with Gasteiger partial charge in [0.25, 0.3) is 0 Å². The third-order valence-electron chi connectivity index (χ3n) is 3.69. The first-order valence-electron chi connectivity index (χ1n) is 7.35. The van der Waals surface area contributed by atoms with Crippen LogP contribution in [0.5, 0.6) is 23.0 Å². The van der Waals surface area contributed by atoms with Crippen molar-refractivity contribution in [2.24, 2.45) is 0 Å². The van der Waals surface area contributed by atoms with Crippen molar-refractivity contribution in [3.8, 4) is 23.0 Å². The summed E-state index contributed by atoms with van der Waals surface area (Å²) < 4.78 is 15.9. The van der Waals surface area contributed by atoms with Crippen molar-refractivity contribution >= 4 is 0 Å². The monoisotopic (exact) mass is 318 g/mol. The van der Waals surface area contributed by atoms with Gasteiger partial charge in [-0.15, -0.1) is 0 Å². The molecule has 0 fully saturated rings. The van der Waals surface area contributed by atoms with Gasteiger partial charge in [0, 0.05) is 0 Å². The highest BCUT2D eigenvalue weighted by Gasteiger charge is 2.14. The van der Waals surface area contributed by atoms with E-state index < -0.39 is 6.10 Å². The second-order valence-electron chi connectivity index (χ2n) is 5.18. The number of aryl methyl sites for hydroxylation is 1. The minimum Gasteiger partial charge on any atom is -0.508 e. The van der Waals surface area contributed by atoms with Gasteiger partial charge in [-0.25, -0.2) is 0 Å². The Hall–Kier alpha value is -2.40. The Morgan fingerprint density at radius 1 is 0.957 bits per heavy atom. The number of phenols is 1. The van der Waals surface area contributed by atoms with Gasteiger partial charge >= 0.3 is 0 Å². The normalized spacial score (nSPS) is 11.8. The van der Waals surface area contributed by atoms with Crippen molar-refractivity contribution in [1.82, 2.24) is 0 Å². The first-order chi connectivity index (χ1) is 11.1. The standard InChI is InChI=1S/C18H22O5/c1-21-16-9-12(10-17(22-2)18(16)23-3)7-8-15(20)13-5-4-6-14(19)11-13/h4-6,9-11,15,19-20H,7-8H2,1-3H3/t15-/m1/s1. The Labute approximate surface area is 136 Å². The number of aliphatic hydroxyl groups is 1. The third kappa shape index (κ3) is 4.07. The number of rotatable bonds is 7. The minimum atomic E-state index is -0.652. The van der Waals surface area contributed by atoms with Gasteiger partial charge < -0.3 is 24.4 Å². The van der Waals surface area contributed by atoms with E-state index >= 15 is 0 Å². The fraction of sp³-hybridized carbons (Fsp3) is 0.333. The molecule has 0 aliphatic rings. The molecular weight excluding hydrogens is 296 g/mol. The Morgan fingerprint density at radius 3 is 2.13 bits per heavy atom. The molecule has 0 saturated heterocycles. The highest BCUT2D eigenvalue weighted by molar-refractivity contribution is 5.53. The smallest absolute Gasteiger partial charge is 0.203 e. The molecule has 2 aromatic carbocycles. The summed E-state index contributed by atoms with van der Waals surface area (Å²) in [6, 6.07) is 10.4. The molecule has 124 valence electrons. The predicted molar refractivity (Wildman–Crippen MR) is 87.5 cm³/mol. The maximum atomic E-state index is 10.3. The van der Waals surface area contributed by atoms with Crippen molar-refractivity contribution in [2.45, 2.75) is 18.9 Å². The molecule has 5 nitrogen and oxygen atoms in total. The number of hydrogen-bond acceptors (Lipinski definition) is 5. The Balaban J connectivity index is 2.14. The van der Waals surface area contributed by atoms with Crippen molar-refractivity contribution in [1.29, 1.82) is 0 Å². The lowest BCUT2D eigenvalue weighted by molar-refractivity contribution is 0.167. The summed E-state index contributed by atoms with van der Waals surface area (Å²) >= 11 is 0. The lowest BCUT2D eigenvalue weighted by Crippen LogP contribution is -2.01. The summed E-state index contributed by atoms with van der Waals surface area (Å²) in [4.78, 5) is 0. The quantitative estimate of drug-likeness (QED) is 0.821. The van der Waals surface area contributed by atoms with Crippen LogP contribution in [0, 0.1) is 0 Å². The fourth-order valence-corrected chi connectivity index (χ4v) is 2.48. The van der Waals surface area contributed by atoms with Gasteiger partial charge in [0.15, 0.2) is 11.5 Å². The van der Waals surface area contributed by atoms with E-state index in [2.05, 4.69) is 0 Å². The van der Waals surface area contributed by atoms with Crippen LogP contribution in [0.2, 0.25) is 0 Å². The van der Waals surface area contributed by atoms with Gasteiger partial charge in [0.2, 0.25) is 5.75 Å². The molecule has 1 atom stereocenters. The highest BCUT2D eigenvalue weighted by atomic mass is 16.5. The average Bonchev–Trinajstić information content (AvgIpc) is 2.58. The van der Waals surface area contributed by atoms with E-state index in [1.807, 2.05) is 12.1 Å². The largest absolute Gasteiger partial charge is 0.508 e. The maximum absolute atomic E-state index is 10.3. The molecule has 0 amide bonds. The van der Waals surface area contributed by atoms with Crippen LogP contribution < -0.4 is 14.2 Å². The number of aliphatic hydroxyl groups excluding tert-OH is 1. The molecule has 0 heterocycles. The Morgan fingerprint density at radius 2 is 1.61 bits per heavy atom. The summed E-state index contributed by atoms with van der Waals surface area (Å²) in [5.74, 6) is 1.88. The van der Waals surface area contributed by atoms with Gasteiger partial charge in [-0.3, -0.25) is 0 Å². The molecule has 0 radical (unpaired) electrons.